The second kappa shape index (κ2) is 5.30. The third-order valence-electron chi connectivity index (χ3n) is 2.27. The number of ketones is 1. The summed E-state index contributed by atoms with van der Waals surface area (Å²) in [6.07, 6.45) is -0.0646. The number of anilines is 1. The van der Waals surface area contributed by atoms with Crippen LogP contribution in [-0.4, -0.2) is 31.0 Å². The van der Waals surface area contributed by atoms with Gasteiger partial charge in [0.05, 0.1) is 6.42 Å². The molecular formula is C12H15NO3. The van der Waals surface area contributed by atoms with E-state index in [0.29, 0.717) is 5.56 Å². The van der Waals surface area contributed by atoms with Crippen LogP contribution >= 0.6 is 0 Å². The second-order valence-electron chi connectivity index (χ2n) is 3.76. The minimum atomic E-state index is -0.946. The number of benzene rings is 1. The van der Waals surface area contributed by atoms with Crippen LogP contribution < -0.4 is 4.90 Å². The quantitative estimate of drug-likeness (QED) is 0.770. The molecule has 0 radical (unpaired) electrons. The molecule has 4 nitrogen and oxygen atoms in total. The van der Waals surface area contributed by atoms with Gasteiger partial charge in [-0.3, -0.25) is 9.59 Å². The first-order chi connectivity index (χ1) is 7.50. The van der Waals surface area contributed by atoms with Crippen molar-refractivity contribution in [2.75, 3.05) is 19.0 Å². The van der Waals surface area contributed by atoms with Crippen LogP contribution in [0.1, 0.15) is 23.2 Å². The summed E-state index contributed by atoms with van der Waals surface area (Å²) in [4.78, 5) is 23.8. The lowest BCUT2D eigenvalue weighted by molar-refractivity contribution is -0.136. The van der Waals surface area contributed by atoms with Crippen molar-refractivity contribution in [3.8, 4) is 0 Å². The Labute approximate surface area is 94.5 Å². The summed E-state index contributed by atoms with van der Waals surface area (Å²) in [6, 6.07) is 7.13. The van der Waals surface area contributed by atoms with E-state index in [9.17, 15) is 9.59 Å². The summed E-state index contributed by atoms with van der Waals surface area (Å²) < 4.78 is 0. The van der Waals surface area contributed by atoms with Crippen molar-refractivity contribution in [3.05, 3.63) is 29.8 Å². The molecule has 0 saturated carbocycles. The maximum absolute atomic E-state index is 11.6. The summed E-state index contributed by atoms with van der Waals surface area (Å²) in [5, 5.41) is 8.47. The van der Waals surface area contributed by atoms with Crippen LogP contribution in [0.3, 0.4) is 0 Å². The van der Waals surface area contributed by atoms with E-state index in [2.05, 4.69) is 0 Å². The van der Waals surface area contributed by atoms with Crippen LogP contribution in [0.2, 0.25) is 0 Å². The van der Waals surface area contributed by atoms with Gasteiger partial charge in [-0.05, 0) is 24.3 Å². The van der Waals surface area contributed by atoms with Crippen molar-refractivity contribution in [2.24, 2.45) is 0 Å². The number of hydrogen-bond acceptors (Lipinski definition) is 3. The number of carbonyl (C=O) groups is 2. The van der Waals surface area contributed by atoms with Gasteiger partial charge in [0.2, 0.25) is 0 Å². The van der Waals surface area contributed by atoms with Crippen molar-refractivity contribution >= 4 is 17.4 Å². The van der Waals surface area contributed by atoms with Crippen LogP contribution in [0.4, 0.5) is 5.69 Å². The lowest BCUT2D eigenvalue weighted by Crippen LogP contribution is -2.09. The molecule has 0 atom stereocenters. The fourth-order valence-corrected chi connectivity index (χ4v) is 1.31. The van der Waals surface area contributed by atoms with Crippen molar-refractivity contribution < 1.29 is 14.7 Å². The van der Waals surface area contributed by atoms with Gasteiger partial charge in [0.1, 0.15) is 0 Å². The molecule has 1 aromatic carbocycles. The molecular weight excluding hydrogens is 206 g/mol. The Kier molecular flexibility index (Phi) is 4.05. The van der Waals surface area contributed by atoms with Gasteiger partial charge in [0, 0.05) is 31.8 Å². The summed E-state index contributed by atoms with van der Waals surface area (Å²) in [6.45, 7) is 0. The lowest BCUT2D eigenvalue weighted by atomic mass is 10.1. The molecule has 1 rings (SSSR count). The van der Waals surface area contributed by atoms with Gasteiger partial charge in [-0.25, -0.2) is 0 Å². The van der Waals surface area contributed by atoms with Crippen LogP contribution in [0.25, 0.3) is 0 Å². The molecule has 1 aromatic rings. The molecule has 0 aliphatic rings. The van der Waals surface area contributed by atoms with E-state index in [4.69, 9.17) is 5.11 Å². The maximum atomic E-state index is 11.6. The van der Waals surface area contributed by atoms with Crippen molar-refractivity contribution in [2.45, 2.75) is 12.8 Å². The molecule has 0 bridgehead atoms. The molecule has 0 spiro atoms. The van der Waals surface area contributed by atoms with Crippen molar-refractivity contribution in [1.29, 1.82) is 0 Å². The topological polar surface area (TPSA) is 57.6 Å². The van der Waals surface area contributed by atoms with Crippen molar-refractivity contribution in [1.82, 2.24) is 0 Å². The zero-order valence-corrected chi connectivity index (χ0v) is 9.43. The average molecular weight is 221 g/mol. The Morgan fingerprint density at radius 3 is 2.12 bits per heavy atom. The Hall–Kier alpha value is -1.84. The fraction of sp³-hybridized carbons (Fsp3) is 0.333. The van der Waals surface area contributed by atoms with E-state index in [1.165, 1.54) is 0 Å². The Balaban J connectivity index is 2.66. The molecule has 4 heteroatoms. The molecule has 0 aromatic heterocycles. The molecule has 0 saturated heterocycles. The highest BCUT2D eigenvalue weighted by molar-refractivity contribution is 5.97. The predicted octanol–water partition coefficient (Wildman–Crippen LogP) is 1.80. The van der Waals surface area contributed by atoms with Crippen LogP contribution in [0, 0.1) is 0 Å². The lowest BCUT2D eigenvalue weighted by Gasteiger charge is -2.12. The molecule has 0 heterocycles. The largest absolute Gasteiger partial charge is 0.481 e. The molecule has 0 aliphatic carbocycles. The second-order valence-corrected chi connectivity index (χ2v) is 3.76. The van der Waals surface area contributed by atoms with Crippen LogP contribution in [0.15, 0.2) is 24.3 Å². The first-order valence-electron chi connectivity index (χ1n) is 5.03. The highest BCUT2D eigenvalue weighted by Crippen LogP contribution is 2.13. The first-order valence-corrected chi connectivity index (χ1v) is 5.03. The molecule has 0 aliphatic heterocycles. The molecule has 1 N–H and O–H groups in total. The average Bonchev–Trinajstić information content (AvgIpc) is 2.26. The van der Waals surface area contributed by atoms with Gasteiger partial charge in [-0.2, -0.15) is 0 Å². The Bertz CT molecular complexity index is 382. The summed E-state index contributed by atoms with van der Waals surface area (Å²) in [7, 11) is 3.84. The van der Waals surface area contributed by atoms with Gasteiger partial charge in [-0.1, -0.05) is 0 Å². The molecule has 86 valence electrons. The van der Waals surface area contributed by atoms with E-state index in [1.807, 2.05) is 31.1 Å². The minimum absolute atomic E-state index is 0.0522. The van der Waals surface area contributed by atoms with Gasteiger partial charge in [0.25, 0.3) is 0 Å². The monoisotopic (exact) mass is 221 g/mol. The Morgan fingerprint density at radius 1 is 1.12 bits per heavy atom. The molecule has 16 heavy (non-hydrogen) atoms. The highest BCUT2D eigenvalue weighted by atomic mass is 16.4. The minimum Gasteiger partial charge on any atom is -0.481 e. The smallest absolute Gasteiger partial charge is 0.303 e. The number of carboxylic acids is 1. The zero-order chi connectivity index (χ0) is 12.1. The standard InChI is InChI=1S/C12H15NO3/c1-13(2)10-5-3-9(4-6-10)11(14)7-8-12(15)16/h3-6H,7-8H2,1-2H3,(H,15,16). The van der Waals surface area contributed by atoms with Gasteiger partial charge in [0.15, 0.2) is 5.78 Å². The highest BCUT2D eigenvalue weighted by Gasteiger charge is 2.08. The fourth-order valence-electron chi connectivity index (χ4n) is 1.31. The number of nitrogens with zero attached hydrogens (tertiary/aromatic N) is 1. The number of hydrogen-bond donors (Lipinski definition) is 1. The van der Waals surface area contributed by atoms with E-state index in [-0.39, 0.29) is 18.6 Å². The third-order valence-corrected chi connectivity index (χ3v) is 2.27. The zero-order valence-electron chi connectivity index (χ0n) is 9.43. The number of aliphatic carboxylic acids is 1. The molecule has 0 fully saturated rings. The number of rotatable bonds is 5. The first kappa shape index (κ1) is 12.2. The van der Waals surface area contributed by atoms with E-state index in [0.717, 1.165) is 5.69 Å². The van der Waals surface area contributed by atoms with Crippen LogP contribution in [0.5, 0.6) is 0 Å². The Morgan fingerprint density at radius 2 is 1.69 bits per heavy atom. The van der Waals surface area contributed by atoms with Gasteiger partial charge in [-0.15, -0.1) is 0 Å². The normalized spacial score (nSPS) is 9.88. The summed E-state index contributed by atoms with van der Waals surface area (Å²) in [5.41, 5.74) is 1.57. The van der Waals surface area contributed by atoms with Crippen molar-refractivity contribution in [3.63, 3.8) is 0 Å². The van der Waals surface area contributed by atoms with E-state index >= 15 is 0 Å². The summed E-state index contributed by atoms with van der Waals surface area (Å²) >= 11 is 0. The SMILES string of the molecule is CN(C)c1ccc(C(=O)CCC(=O)O)cc1. The van der Waals surface area contributed by atoms with Gasteiger partial charge >= 0.3 is 5.97 Å². The van der Waals surface area contributed by atoms with Gasteiger partial charge < -0.3 is 10.0 Å². The predicted molar refractivity (Wildman–Crippen MR) is 62.0 cm³/mol. The number of Topliss-reactive ketones (excluding diaryl/α,β-unsaturated/α-hetero) is 1. The van der Waals surface area contributed by atoms with E-state index in [1.54, 1.807) is 12.1 Å². The third kappa shape index (κ3) is 3.38. The molecule has 0 amide bonds. The molecule has 0 unspecified atom stereocenters. The maximum Gasteiger partial charge on any atom is 0.303 e. The van der Waals surface area contributed by atoms with E-state index < -0.39 is 5.97 Å². The number of carboxylic acid groups (broad SMARTS) is 1. The summed E-state index contributed by atoms with van der Waals surface area (Å²) in [5.74, 6) is -1.08. The van der Waals surface area contributed by atoms with Crippen LogP contribution in [-0.2, 0) is 4.79 Å². The number of carbonyl (C=O) groups excluding carboxylic acids is 1.